The predicted molar refractivity (Wildman–Crippen MR) is 126 cm³/mol. The summed E-state index contributed by atoms with van der Waals surface area (Å²) in [6.45, 7) is 1.69. The highest BCUT2D eigenvalue weighted by Crippen LogP contribution is 2.33. The van der Waals surface area contributed by atoms with Crippen molar-refractivity contribution in [3.05, 3.63) is 0 Å². The van der Waals surface area contributed by atoms with Gasteiger partial charge in [-0.15, -0.1) is 16.4 Å². The fraction of sp³-hybridized carbons (Fsp3) is 0.913. The third kappa shape index (κ3) is 5.10. The van der Waals surface area contributed by atoms with Gasteiger partial charge in [0.1, 0.15) is 12.4 Å². The summed E-state index contributed by atoms with van der Waals surface area (Å²) in [6.07, 6.45) is 7.82. The fourth-order valence-electron chi connectivity index (χ4n) is 6.09. The molecule has 32 heavy (non-hydrogen) atoms. The van der Waals surface area contributed by atoms with Gasteiger partial charge in [0.15, 0.2) is 6.10 Å². The smallest absolute Gasteiger partial charge is 0.298 e. The maximum Gasteiger partial charge on any atom is 0.298 e. The van der Waals surface area contributed by atoms with Gasteiger partial charge in [0.2, 0.25) is 0 Å². The summed E-state index contributed by atoms with van der Waals surface area (Å²) in [4.78, 5) is 1.95. The van der Waals surface area contributed by atoms with Crippen molar-refractivity contribution in [1.82, 2.24) is 20.2 Å². The second kappa shape index (κ2) is 10.4. The Morgan fingerprint density at radius 3 is 3.00 bits per heavy atom. The van der Waals surface area contributed by atoms with Crippen LogP contribution in [0.15, 0.2) is 0 Å². The van der Waals surface area contributed by atoms with Gasteiger partial charge in [-0.2, -0.15) is 0 Å². The zero-order valence-corrected chi connectivity index (χ0v) is 19.8. The number of rotatable bonds is 6. The molecule has 3 saturated heterocycles. The average molecular weight is 470 g/mol. The van der Waals surface area contributed by atoms with E-state index in [0.29, 0.717) is 24.4 Å². The van der Waals surface area contributed by atoms with Crippen molar-refractivity contribution in [2.24, 2.45) is 5.92 Å². The molecule has 9 heteroatoms. The minimum atomic E-state index is -0.932. The number of alkyl halides is 1. The highest BCUT2D eigenvalue weighted by atomic mass is 32.2. The zero-order chi connectivity index (χ0) is 22.1. The van der Waals surface area contributed by atoms with Crippen LogP contribution < -0.4 is 15.3 Å². The van der Waals surface area contributed by atoms with Gasteiger partial charge >= 0.3 is 0 Å². The number of thioether (sulfide) groups is 1. The number of halogens is 1. The van der Waals surface area contributed by atoms with E-state index in [1.165, 1.54) is 5.71 Å². The largest absolute Gasteiger partial charge is 0.378 e. The van der Waals surface area contributed by atoms with Crippen molar-refractivity contribution >= 4 is 23.7 Å². The van der Waals surface area contributed by atoms with Crippen molar-refractivity contribution in [2.45, 2.75) is 92.9 Å². The van der Waals surface area contributed by atoms with Crippen LogP contribution in [-0.2, 0) is 9.47 Å². The van der Waals surface area contributed by atoms with Crippen LogP contribution in [0, 0.1) is 5.92 Å². The number of piperidine rings is 2. The van der Waals surface area contributed by atoms with Crippen LogP contribution in [0.3, 0.4) is 0 Å². The number of hydrogen-bond donors (Lipinski definition) is 3. The lowest BCUT2D eigenvalue weighted by atomic mass is 9.80. The Hall–Kier alpha value is -0.510. The number of hydrogen-bond acceptors (Lipinski definition) is 7. The minimum absolute atomic E-state index is 0.00314. The molecule has 0 radical (unpaired) electrons. The maximum absolute atomic E-state index is 14.8. The Morgan fingerprint density at radius 2 is 2.16 bits per heavy atom. The van der Waals surface area contributed by atoms with Crippen LogP contribution in [0.5, 0.6) is 0 Å². The third-order valence-electron chi connectivity index (χ3n) is 8.11. The lowest BCUT2D eigenvalue weighted by Crippen LogP contribution is -2.66. The second-order valence-corrected chi connectivity index (χ2v) is 11.3. The summed E-state index contributed by atoms with van der Waals surface area (Å²) in [7, 11) is 1.91. The molecule has 7 unspecified atom stereocenters. The SMILES string of the molecule is CN1C(O)CCC2NCC(F)C(COC3CCC(NCC4=[N+]=CC5OCSC5C4)CC3)C21. The van der Waals surface area contributed by atoms with Crippen molar-refractivity contribution in [3.8, 4) is 0 Å². The van der Waals surface area contributed by atoms with Crippen LogP contribution in [-0.4, -0.2) is 103 Å². The number of likely N-dealkylation sites (N-methyl/N-ethyl adjacent to an activating group) is 1. The van der Waals surface area contributed by atoms with Gasteiger partial charge in [-0.1, -0.05) is 0 Å². The summed E-state index contributed by atoms with van der Waals surface area (Å²) in [6, 6.07) is 0.740. The number of nitrogens with one attached hydrogen (secondary N) is 2. The molecule has 5 rings (SSSR count). The van der Waals surface area contributed by atoms with Crippen LogP contribution >= 0.6 is 11.8 Å². The Morgan fingerprint density at radius 1 is 1.31 bits per heavy atom. The van der Waals surface area contributed by atoms with E-state index in [-0.39, 0.29) is 30.2 Å². The standard InChI is InChI=1S/C23H38FN4O3S/c1-28-22(29)7-6-19-23(28)17(18(24)10-27-19)12-30-16-4-2-14(3-5-16)25-9-15-8-21-20(11-26-15)31-13-32-21/h11,14,16-23,25,27,29H,2-10,12-13H2,1H3/q+1. The molecule has 1 aliphatic carbocycles. The number of aliphatic hydroxyl groups is 1. The number of fused-ring (bicyclic) bond motifs is 2. The number of aliphatic hydroxyl groups excluding tert-OH is 1. The van der Waals surface area contributed by atoms with E-state index in [0.717, 1.165) is 57.4 Å². The van der Waals surface area contributed by atoms with Gasteiger partial charge in [0.25, 0.3) is 11.9 Å². The van der Waals surface area contributed by atoms with E-state index in [1.54, 1.807) is 0 Å². The van der Waals surface area contributed by atoms with Crippen LogP contribution in [0.4, 0.5) is 4.39 Å². The van der Waals surface area contributed by atoms with E-state index >= 15 is 0 Å². The molecular weight excluding hydrogens is 431 g/mol. The third-order valence-corrected chi connectivity index (χ3v) is 9.25. The topological polar surface area (TPSA) is 80.1 Å². The molecule has 4 heterocycles. The Bertz CT molecular complexity index is 711. The average Bonchev–Trinajstić information content (AvgIpc) is 3.28. The first-order valence-electron chi connectivity index (χ1n) is 12.3. The molecule has 4 aliphatic heterocycles. The minimum Gasteiger partial charge on any atom is -0.378 e. The molecule has 0 spiro atoms. The molecule has 0 bridgehead atoms. The summed E-state index contributed by atoms with van der Waals surface area (Å²) < 4.78 is 31.3. The predicted octanol–water partition coefficient (Wildman–Crippen LogP) is 0.683. The van der Waals surface area contributed by atoms with Gasteiger partial charge in [-0.05, 0) is 45.6 Å². The number of nitrogens with zero attached hydrogens (tertiary/aromatic N) is 2. The Labute approximate surface area is 194 Å². The first-order valence-corrected chi connectivity index (χ1v) is 13.4. The Balaban J connectivity index is 1.06. The van der Waals surface area contributed by atoms with E-state index in [4.69, 9.17) is 9.47 Å². The van der Waals surface area contributed by atoms with Crippen LogP contribution in [0.2, 0.25) is 0 Å². The van der Waals surface area contributed by atoms with E-state index in [1.807, 2.05) is 29.9 Å². The Kier molecular flexibility index (Phi) is 7.55. The summed E-state index contributed by atoms with van der Waals surface area (Å²) in [5, 5.41) is 17.8. The maximum atomic E-state index is 14.8. The summed E-state index contributed by atoms with van der Waals surface area (Å²) in [5.41, 5.74) is 1.23. The molecule has 180 valence electrons. The van der Waals surface area contributed by atoms with Crippen molar-refractivity contribution in [3.63, 3.8) is 0 Å². The lowest BCUT2D eigenvalue weighted by molar-refractivity contribution is -0.115. The van der Waals surface area contributed by atoms with Gasteiger partial charge in [0, 0.05) is 30.6 Å². The van der Waals surface area contributed by atoms with E-state index < -0.39 is 12.4 Å². The highest BCUT2D eigenvalue weighted by Gasteiger charge is 2.46. The van der Waals surface area contributed by atoms with Gasteiger partial charge < -0.3 is 25.2 Å². The monoisotopic (exact) mass is 469 g/mol. The molecule has 3 N–H and O–H groups in total. The van der Waals surface area contributed by atoms with Crippen molar-refractivity contribution < 1.29 is 19.0 Å². The summed E-state index contributed by atoms with van der Waals surface area (Å²) >= 11 is 1.89. The van der Waals surface area contributed by atoms with E-state index in [2.05, 4.69) is 15.3 Å². The molecule has 7 atom stereocenters. The van der Waals surface area contributed by atoms with Crippen molar-refractivity contribution in [2.75, 3.05) is 32.7 Å². The molecule has 0 amide bonds. The normalized spacial score (nSPS) is 44.7. The van der Waals surface area contributed by atoms with Gasteiger partial charge in [0.05, 0.1) is 36.9 Å². The number of ether oxygens (including phenoxy) is 2. The molecule has 7 nitrogen and oxygen atoms in total. The fourth-order valence-corrected chi connectivity index (χ4v) is 7.15. The quantitative estimate of drug-likeness (QED) is 0.494. The molecule has 0 aromatic carbocycles. The molecule has 0 aromatic rings. The van der Waals surface area contributed by atoms with Gasteiger partial charge in [-0.25, -0.2) is 4.39 Å². The first kappa shape index (κ1) is 23.2. The van der Waals surface area contributed by atoms with Crippen LogP contribution in [0.25, 0.3) is 0 Å². The molecular formula is C23H38FN4O3S+. The van der Waals surface area contributed by atoms with Crippen molar-refractivity contribution in [1.29, 1.82) is 0 Å². The number of likely N-dealkylation sites (tertiary alicyclic amines) is 1. The van der Waals surface area contributed by atoms with E-state index in [9.17, 15) is 9.50 Å². The van der Waals surface area contributed by atoms with Gasteiger partial charge in [-0.3, -0.25) is 4.90 Å². The highest BCUT2D eigenvalue weighted by molar-refractivity contribution is 8.00. The second-order valence-electron chi connectivity index (χ2n) is 10.1. The lowest BCUT2D eigenvalue weighted by Gasteiger charge is -2.50. The van der Waals surface area contributed by atoms with Crippen LogP contribution in [0.1, 0.15) is 44.9 Å². The molecule has 5 aliphatic rings. The molecule has 1 saturated carbocycles. The molecule has 4 fully saturated rings. The first-order chi connectivity index (χ1) is 15.6. The summed E-state index contributed by atoms with van der Waals surface area (Å²) in [5.74, 6) is 0.601. The zero-order valence-electron chi connectivity index (χ0n) is 19.0. The molecule has 0 aromatic heterocycles.